The number of rotatable bonds is 1. The van der Waals surface area contributed by atoms with E-state index >= 15 is 0 Å². The molecule has 2 nitrogen and oxygen atoms in total. The lowest BCUT2D eigenvalue weighted by Gasteiger charge is -1.89. The fourth-order valence-corrected chi connectivity index (χ4v) is 1.06. The molecule has 0 saturated carbocycles. The molecule has 0 aromatic carbocycles. The third kappa shape index (κ3) is 5.02. The minimum absolute atomic E-state index is 0. The average molecular weight is 262 g/mol. The van der Waals surface area contributed by atoms with Crippen LogP contribution in [-0.4, -0.2) is 28.3 Å². The molecule has 0 atom stereocenters. The summed E-state index contributed by atoms with van der Waals surface area (Å²) in [5, 5.41) is 9.78. The van der Waals surface area contributed by atoms with Crippen LogP contribution in [0.15, 0.2) is 0 Å². The number of hydrogen-bond donors (Lipinski definition) is 1. The zero-order valence-corrected chi connectivity index (χ0v) is 9.06. The molecule has 0 bridgehead atoms. The van der Waals surface area contributed by atoms with Crippen molar-refractivity contribution < 1.29 is 9.95 Å². The Kier molecular flexibility index (Phi) is 9.07. The van der Waals surface area contributed by atoms with Crippen molar-refractivity contribution in [2.24, 2.45) is 0 Å². The van der Waals surface area contributed by atoms with E-state index in [9.17, 15) is 0 Å². The zero-order chi connectivity index (χ0) is 6.57. The first-order valence-electron chi connectivity index (χ1n) is 2.54. The highest BCUT2D eigenvalue weighted by Gasteiger charge is 2.03. The highest BCUT2D eigenvalue weighted by atomic mass is 127. The van der Waals surface area contributed by atoms with E-state index in [-0.39, 0.29) is 24.0 Å². The molecular weight excluding hydrogens is 249 g/mol. The lowest BCUT2D eigenvalue weighted by Crippen LogP contribution is -2.08. The van der Waals surface area contributed by atoms with E-state index in [2.05, 4.69) is 0 Å². The minimum atomic E-state index is 0. The lowest BCUT2D eigenvalue weighted by atomic mass is 10.5. The summed E-state index contributed by atoms with van der Waals surface area (Å²) in [5.41, 5.74) is 0. The van der Waals surface area contributed by atoms with Gasteiger partial charge in [-0.25, -0.2) is 0 Å². The summed E-state index contributed by atoms with van der Waals surface area (Å²) in [7, 11) is 1.63. The minimum Gasteiger partial charge on any atom is -0.290 e. The predicted molar refractivity (Wildman–Crippen MR) is 52.2 cm³/mol. The van der Waals surface area contributed by atoms with E-state index in [1.165, 1.54) is 0 Å². The Morgan fingerprint density at radius 1 is 1.67 bits per heavy atom. The Morgan fingerprint density at radius 3 is 2.11 bits per heavy atom. The molecule has 0 fully saturated rings. The molecule has 9 heavy (non-hydrogen) atoms. The van der Waals surface area contributed by atoms with Gasteiger partial charge in [0.1, 0.15) is 0 Å². The second-order valence-corrected chi connectivity index (χ2v) is 2.35. The van der Waals surface area contributed by atoms with Gasteiger partial charge >= 0.3 is 0 Å². The van der Waals surface area contributed by atoms with Gasteiger partial charge < -0.3 is 0 Å². The highest BCUT2D eigenvalue weighted by molar-refractivity contribution is 14.0. The van der Waals surface area contributed by atoms with Gasteiger partial charge in [0.15, 0.2) is 7.05 Å². The molecule has 0 aliphatic heterocycles. The van der Waals surface area contributed by atoms with Crippen LogP contribution in [0.2, 0.25) is 0 Å². The SMILES string of the molecule is CC/C(SC)=[N+](/C)O.I. The van der Waals surface area contributed by atoms with Gasteiger partial charge in [0.25, 0.3) is 5.04 Å². The topological polar surface area (TPSA) is 23.2 Å². The van der Waals surface area contributed by atoms with E-state index in [1.54, 1.807) is 18.8 Å². The molecule has 0 rings (SSSR count). The number of thioether (sulfide) groups is 1. The van der Waals surface area contributed by atoms with E-state index in [4.69, 9.17) is 5.21 Å². The Balaban J connectivity index is 0. The molecule has 0 aromatic heterocycles. The van der Waals surface area contributed by atoms with Crippen molar-refractivity contribution >= 4 is 40.8 Å². The summed E-state index contributed by atoms with van der Waals surface area (Å²) in [5.74, 6) is 0. The van der Waals surface area contributed by atoms with Crippen molar-refractivity contribution in [2.75, 3.05) is 13.3 Å². The van der Waals surface area contributed by atoms with E-state index in [0.29, 0.717) is 0 Å². The van der Waals surface area contributed by atoms with Crippen LogP contribution >= 0.6 is 35.7 Å². The van der Waals surface area contributed by atoms with Crippen LogP contribution in [0, 0.1) is 0 Å². The molecule has 0 aromatic rings. The van der Waals surface area contributed by atoms with Crippen LogP contribution < -0.4 is 0 Å². The quantitative estimate of drug-likeness (QED) is 0.194. The first kappa shape index (κ1) is 12.2. The second kappa shape index (κ2) is 6.67. The Morgan fingerprint density at radius 2 is 2.11 bits per heavy atom. The van der Waals surface area contributed by atoms with Crippen LogP contribution in [0.3, 0.4) is 0 Å². The Bertz CT molecular complexity index is 95.1. The molecule has 0 amide bonds. The maximum Gasteiger partial charge on any atom is 0.259 e. The molecule has 0 heterocycles. The smallest absolute Gasteiger partial charge is 0.259 e. The molecule has 0 radical (unpaired) electrons. The summed E-state index contributed by atoms with van der Waals surface area (Å²) in [6.45, 7) is 2.01. The number of hydroxylamine groups is 1. The molecule has 4 heteroatoms. The standard InChI is InChI=1S/C5H12NOS.HI/c1-4-5(8-3)6(2)7;/h7H,4H2,1-3H3;1H/q+1;/b6-5+;. The van der Waals surface area contributed by atoms with E-state index < -0.39 is 0 Å². The highest BCUT2D eigenvalue weighted by Crippen LogP contribution is 1.99. The van der Waals surface area contributed by atoms with Crippen molar-refractivity contribution in [2.45, 2.75) is 13.3 Å². The molecule has 0 saturated heterocycles. The number of hydrogen-bond acceptors (Lipinski definition) is 2. The van der Waals surface area contributed by atoms with Gasteiger partial charge in [-0.15, -0.1) is 24.0 Å². The Hall–Kier alpha value is 0.550. The van der Waals surface area contributed by atoms with Crippen molar-refractivity contribution in [3.63, 3.8) is 0 Å². The van der Waals surface area contributed by atoms with Gasteiger partial charge in [0.05, 0.1) is 0 Å². The van der Waals surface area contributed by atoms with Gasteiger partial charge in [-0.05, 0) is 11.0 Å². The number of nitrogens with zero attached hydrogens (tertiary/aromatic N) is 1. The van der Waals surface area contributed by atoms with Crippen molar-refractivity contribution in [3.8, 4) is 0 Å². The third-order valence-electron chi connectivity index (χ3n) is 0.899. The van der Waals surface area contributed by atoms with Gasteiger partial charge in [0, 0.05) is 6.42 Å². The molecule has 1 N–H and O–H groups in total. The van der Waals surface area contributed by atoms with Gasteiger partial charge in [0.2, 0.25) is 0 Å². The fourth-order valence-electron chi connectivity index (χ4n) is 0.505. The molecule has 0 aliphatic carbocycles. The van der Waals surface area contributed by atoms with Crippen LogP contribution in [0.1, 0.15) is 13.3 Å². The van der Waals surface area contributed by atoms with E-state index in [0.717, 1.165) is 16.2 Å². The number of halogens is 1. The first-order chi connectivity index (χ1) is 3.72. The van der Waals surface area contributed by atoms with Crippen molar-refractivity contribution in [1.82, 2.24) is 0 Å². The van der Waals surface area contributed by atoms with E-state index in [1.807, 2.05) is 13.2 Å². The molecular formula is C5H13INOS+. The molecule has 0 spiro atoms. The normalized spacial score (nSPS) is 11.9. The van der Waals surface area contributed by atoms with Crippen molar-refractivity contribution in [1.29, 1.82) is 0 Å². The molecule has 0 aliphatic rings. The van der Waals surface area contributed by atoms with Crippen LogP contribution in [0.5, 0.6) is 0 Å². The average Bonchev–Trinajstić information content (AvgIpc) is 1.69. The predicted octanol–water partition coefficient (Wildman–Crippen LogP) is 1.81. The first-order valence-corrected chi connectivity index (χ1v) is 3.77. The fraction of sp³-hybridized carbons (Fsp3) is 0.800. The largest absolute Gasteiger partial charge is 0.290 e. The van der Waals surface area contributed by atoms with Crippen LogP contribution in [-0.2, 0) is 0 Å². The zero-order valence-electron chi connectivity index (χ0n) is 5.92. The maximum absolute atomic E-state index is 8.79. The summed E-state index contributed by atoms with van der Waals surface area (Å²) in [6, 6.07) is 0. The summed E-state index contributed by atoms with van der Waals surface area (Å²) < 4.78 is 1.16. The van der Waals surface area contributed by atoms with Crippen molar-refractivity contribution in [3.05, 3.63) is 0 Å². The van der Waals surface area contributed by atoms with Gasteiger partial charge in [-0.3, -0.25) is 5.21 Å². The lowest BCUT2D eigenvalue weighted by molar-refractivity contribution is -0.753. The van der Waals surface area contributed by atoms with Crippen LogP contribution in [0.25, 0.3) is 0 Å². The molecule has 56 valence electrons. The monoisotopic (exact) mass is 262 g/mol. The van der Waals surface area contributed by atoms with Crippen LogP contribution in [0.4, 0.5) is 0 Å². The third-order valence-corrected chi connectivity index (χ3v) is 1.92. The summed E-state index contributed by atoms with van der Waals surface area (Å²) >= 11 is 1.57. The maximum atomic E-state index is 8.79. The molecule has 0 unspecified atom stereocenters. The van der Waals surface area contributed by atoms with Gasteiger partial charge in [-0.1, -0.05) is 18.7 Å². The summed E-state index contributed by atoms with van der Waals surface area (Å²) in [6.07, 6.45) is 2.85. The van der Waals surface area contributed by atoms with Gasteiger partial charge in [-0.2, -0.15) is 0 Å². The summed E-state index contributed by atoms with van der Waals surface area (Å²) in [4.78, 5) is 0. The Labute approximate surface area is 77.3 Å². The second-order valence-electron chi connectivity index (χ2n) is 1.48.